The zero-order valence-corrected chi connectivity index (χ0v) is 17.8. The number of fused-ring (bicyclic) bond motifs is 1. The standard InChI is InChI=1S/C22H22N4OS2/c1-2-26-21(18-14-28-19-11-7-6-10-17(18)19)24-25-22(26)29-15-20(27)23-13-12-16-8-4-3-5-9-16/h3-11,14H,2,12-13,15H2,1H3,(H,23,27). The molecule has 0 bridgehead atoms. The second kappa shape index (κ2) is 9.24. The van der Waals surface area contributed by atoms with E-state index < -0.39 is 0 Å². The molecule has 0 radical (unpaired) electrons. The lowest BCUT2D eigenvalue weighted by Gasteiger charge is -2.08. The Morgan fingerprint density at radius 1 is 1.10 bits per heavy atom. The molecule has 0 aliphatic heterocycles. The van der Waals surface area contributed by atoms with Crippen molar-refractivity contribution < 1.29 is 4.79 Å². The van der Waals surface area contributed by atoms with E-state index in [0.717, 1.165) is 29.5 Å². The summed E-state index contributed by atoms with van der Waals surface area (Å²) in [4.78, 5) is 12.2. The zero-order chi connectivity index (χ0) is 20.1. The zero-order valence-electron chi connectivity index (χ0n) is 16.2. The molecule has 1 N–H and O–H groups in total. The van der Waals surface area contributed by atoms with E-state index in [4.69, 9.17) is 0 Å². The smallest absolute Gasteiger partial charge is 0.230 e. The summed E-state index contributed by atoms with van der Waals surface area (Å²) in [5.74, 6) is 1.20. The van der Waals surface area contributed by atoms with Gasteiger partial charge in [-0.05, 0) is 25.0 Å². The highest BCUT2D eigenvalue weighted by Gasteiger charge is 2.17. The number of thioether (sulfide) groups is 1. The van der Waals surface area contributed by atoms with E-state index in [1.165, 1.54) is 27.4 Å². The van der Waals surface area contributed by atoms with Gasteiger partial charge in [0.1, 0.15) is 0 Å². The highest BCUT2D eigenvalue weighted by Crippen LogP contribution is 2.34. The van der Waals surface area contributed by atoms with E-state index in [0.29, 0.717) is 12.3 Å². The average molecular weight is 423 g/mol. The van der Waals surface area contributed by atoms with Gasteiger partial charge in [0.25, 0.3) is 0 Å². The van der Waals surface area contributed by atoms with E-state index in [9.17, 15) is 4.79 Å². The summed E-state index contributed by atoms with van der Waals surface area (Å²) in [7, 11) is 0. The van der Waals surface area contributed by atoms with E-state index in [1.807, 2.05) is 30.3 Å². The summed E-state index contributed by atoms with van der Waals surface area (Å²) in [5, 5.41) is 15.9. The van der Waals surface area contributed by atoms with Crippen LogP contribution in [0.25, 0.3) is 21.5 Å². The van der Waals surface area contributed by atoms with Gasteiger partial charge in [-0.3, -0.25) is 4.79 Å². The third-order valence-corrected chi connectivity index (χ3v) is 6.60. The number of nitrogens with one attached hydrogen (secondary N) is 1. The molecule has 0 saturated heterocycles. The largest absolute Gasteiger partial charge is 0.355 e. The first-order valence-corrected chi connectivity index (χ1v) is 11.5. The van der Waals surface area contributed by atoms with Crippen LogP contribution in [0.15, 0.2) is 65.1 Å². The Bertz CT molecular complexity index is 1100. The number of hydrogen-bond donors (Lipinski definition) is 1. The van der Waals surface area contributed by atoms with Crippen molar-refractivity contribution in [3.8, 4) is 11.4 Å². The Labute approximate surface area is 178 Å². The van der Waals surface area contributed by atoms with Gasteiger partial charge in [0, 0.05) is 34.1 Å². The van der Waals surface area contributed by atoms with Gasteiger partial charge in [0.15, 0.2) is 11.0 Å². The van der Waals surface area contributed by atoms with Crippen molar-refractivity contribution in [3.05, 3.63) is 65.5 Å². The van der Waals surface area contributed by atoms with Crippen LogP contribution < -0.4 is 5.32 Å². The number of amides is 1. The van der Waals surface area contributed by atoms with Crippen molar-refractivity contribution in [2.24, 2.45) is 0 Å². The minimum Gasteiger partial charge on any atom is -0.355 e. The average Bonchev–Trinajstić information content (AvgIpc) is 3.36. The fourth-order valence-electron chi connectivity index (χ4n) is 3.20. The lowest BCUT2D eigenvalue weighted by atomic mass is 10.1. The molecule has 0 aliphatic carbocycles. The Morgan fingerprint density at radius 3 is 2.72 bits per heavy atom. The number of aromatic nitrogens is 3. The van der Waals surface area contributed by atoms with Gasteiger partial charge < -0.3 is 9.88 Å². The maximum Gasteiger partial charge on any atom is 0.230 e. The predicted octanol–water partition coefficient (Wildman–Crippen LogP) is 4.63. The number of carbonyl (C=O) groups is 1. The fourth-order valence-corrected chi connectivity index (χ4v) is 4.97. The number of hydrogen-bond acceptors (Lipinski definition) is 5. The van der Waals surface area contributed by atoms with Crippen LogP contribution in [0.1, 0.15) is 12.5 Å². The molecule has 0 fully saturated rings. The van der Waals surface area contributed by atoms with Gasteiger partial charge in [-0.2, -0.15) is 0 Å². The van der Waals surface area contributed by atoms with Crippen LogP contribution in [0.2, 0.25) is 0 Å². The summed E-state index contributed by atoms with van der Waals surface area (Å²) >= 11 is 3.14. The van der Waals surface area contributed by atoms with Crippen LogP contribution in [-0.2, 0) is 17.8 Å². The molecule has 0 spiro atoms. The molecule has 7 heteroatoms. The van der Waals surface area contributed by atoms with E-state index in [1.54, 1.807) is 11.3 Å². The van der Waals surface area contributed by atoms with Crippen molar-refractivity contribution in [2.45, 2.75) is 25.0 Å². The molecule has 4 rings (SSSR count). The third-order valence-electron chi connectivity index (χ3n) is 4.67. The quantitative estimate of drug-likeness (QED) is 0.421. The molecule has 1 amide bonds. The predicted molar refractivity (Wildman–Crippen MR) is 120 cm³/mol. The van der Waals surface area contributed by atoms with Crippen LogP contribution in [-0.4, -0.2) is 33.0 Å². The molecule has 0 saturated carbocycles. The number of benzene rings is 2. The molecule has 0 aliphatic rings. The normalized spacial score (nSPS) is 11.1. The Balaban J connectivity index is 1.39. The van der Waals surface area contributed by atoms with Crippen molar-refractivity contribution in [2.75, 3.05) is 12.3 Å². The van der Waals surface area contributed by atoms with Crippen LogP contribution in [0, 0.1) is 0 Å². The van der Waals surface area contributed by atoms with Crippen molar-refractivity contribution in [1.82, 2.24) is 20.1 Å². The first-order valence-electron chi connectivity index (χ1n) is 9.59. The summed E-state index contributed by atoms with van der Waals surface area (Å²) in [6.07, 6.45) is 0.831. The van der Waals surface area contributed by atoms with Gasteiger partial charge >= 0.3 is 0 Å². The maximum atomic E-state index is 12.2. The van der Waals surface area contributed by atoms with Crippen LogP contribution in [0.3, 0.4) is 0 Å². The van der Waals surface area contributed by atoms with Crippen molar-refractivity contribution in [3.63, 3.8) is 0 Å². The first-order chi connectivity index (χ1) is 14.3. The molecular weight excluding hydrogens is 400 g/mol. The van der Waals surface area contributed by atoms with Gasteiger partial charge in [-0.1, -0.05) is 60.3 Å². The first kappa shape index (κ1) is 19.7. The Kier molecular flexibility index (Phi) is 6.27. The van der Waals surface area contributed by atoms with Crippen molar-refractivity contribution >= 4 is 39.1 Å². The summed E-state index contributed by atoms with van der Waals surface area (Å²) < 4.78 is 3.32. The third kappa shape index (κ3) is 4.52. The Hall–Kier alpha value is -2.64. The van der Waals surface area contributed by atoms with Crippen LogP contribution in [0.4, 0.5) is 0 Å². The fraction of sp³-hybridized carbons (Fsp3) is 0.227. The van der Waals surface area contributed by atoms with Gasteiger partial charge in [-0.15, -0.1) is 21.5 Å². The lowest BCUT2D eigenvalue weighted by molar-refractivity contribution is -0.118. The molecule has 2 aromatic carbocycles. The number of rotatable bonds is 8. The summed E-state index contributed by atoms with van der Waals surface area (Å²) in [6, 6.07) is 18.5. The number of carbonyl (C=O) groups excluding carboxylic acids is 1. The van der Waals surface area contributed by atoms with Gasteiger partial charge in [-0.25, -0.2) is 0 Å². The SMILES string of the molecule is CCn1c(SCC(=O)NCCc2ccccc2)nnc1-c1csc2ccccc12. The van der Waals surface area contributed by atoms with Gasteiger partial charge in [0.2, 0.25) is 5.91 Å². The monoisotopic (exact) mass is 422 g/mol. The molecule has 2 heterocycles. The molecule has 0 atom stereocenters. The Morgan fingerprint density at radius 2 is 1.90 bits per heavy atom. The van der Waals surface area contributed by atoms with Gasteiger partial charge in [0.05, 0.1) is 5.75 Å². The topological polar surface area (TPSA) is 59.8 Å². The van der Waals surface area contributed by atoms with E-state index >= 15 is 0 Å². The molecule has 148 valence electrons. The minimum absolute atomic E-state index is 0.0131. The number of nitrogens with zero attached hydrogens (tertiary/aromatic N) is 3. The molecule has 2 aromatic heterocycles. The molecule has 4 aromatic rings. The molecule has 29 heavy (non-hydrogen) atoms. The van der Waals surface area contributed by atoms with E-state index in [-0.39, 0.29) is 5.91 Å². The molecule has 5 nitrogen and oxygen atoms in total. The second-order valence-corrected chi connectivity index (χ2v) is 8.42. The summed E-state index contributed by atoms with van der Waals surface area (Å²) in [6.45, 7) is 3.46. The molecule has 0 unspecified atom stereocenters. The second-order valence-electron chi connectivity index (χ2n) is 6.57. The highest BCUT2D eigenvalue weighted by atomic mass is 32.2. The maximum absolute atomic E-state index is 12.2. The van der Waals surface area contributed by atoms with Crippen molar-refractivity contribution in [1.29, 1.82) is 0 Å². The molecular formula is C22H22N4OS2. The highest BCUT2D eigenvalue weighted by molar-refractivity contribution is 7.99. The van der Waals surface area contributed by atoms with Crippen LogP contribution >= 0.6 is 23.1 Å². The number of thiophene rings is 1. The van der Waals surface area contributed by atoms with Crippen LogP contribution in [0.5, 0.6) is 0 Å². The minimum atomic E-state index is 0.0131. The lowest BCUT2D eigenvalue weighted by Crippen LogP contribution is -2.27. The summed E-state index contributed by atoms with van der Waals surface area (Å²) in [5.41, 5.74) is 2.32. The van der Waals surface area contributed by atoms with E-state index in [2.05, 4.69) is 56.7 Å².